The van der Waals surface area contributed by atoms with Gasteiger partial charge < -0.3 is 4.90 Å². The summed E-state index contributed by atoms with van der Waals surface area (Å²) < 4.78 is 36.8. The lowest BCUT2D eigenvalue weighted by atomic mass is 10.3. The molecule has 0 spiro atoms. The lowest BCUT2D eigenvalue weighted by Crippen LogP contribution is -2.35. The van der Waals surface area contributed by atoms with Crippen LogP contribution in [0.25, 0.3) is 0 Å². The van der Waals surface area contributed by atoms with Crippen LogP contribution in [-0.4, -0.2) is 29.5 Å². The summed E-state index contributed by atoms with van der Waals surface area (Å²) in [5, 5.41) is 7.30. The maximum Gasteiger partial charge on any atom is 0.405 e. The van der Waals surface area contributed by atoms with Gasteiger partial charge in [-0.1, -0.05) is 18.5 Å². The van der Waals surface area contributed by atoms with E-state index in [1.54, 1.807) is 6.92 Å². The third kappa shape index (κ3) is 4.22. The van der Waals surface area contributed by atoms with Crippen LogP contribution in [0.5, 0.6) is 0 Å². The summed E-state index contributed by atoms with van der Waals surface area (Å²) in [6.07, 6.45) is -3.66. The summed E-state index contributed by atoms with van der Waals surface area (Å²) >= 11 is 5.51. The van der Waals surface area contributed by atoms with Crippen LogP contribution in [0.4, 0.5) is 19.0 Å². The van der Waals surface area contributed by atoms with Gasteiger partial charge in [-0.25, -0.2) is 0 Å². The zero-order chi connectivity index (χ0) is 12.2. The van der Waals surface area contributed by atoms with Gasteiger partial charge in [-0.2, -0.15) is 13.2 Å². The monoisotopic (exact) mass is 253 g/mol. The van der Waals surface area contributed by atoms with Crippen LogP contribution in [0.2, 0.25) is 5.15 Å². The van der Waals surface area contributed by atoms with Crippen molar-refractivity contribution in [2.45, 2.75) is 19.5 Å². The van der Waals surface area contributed by atoms with Gasteiger partial charge in [-0.05, 0) is 18.6 Å². The van der Waals surface area contributed by atoms with Crippen molar-refractivity contribution in [3.8, 4) is 0 Å². The molecular weight excluding hydrogens is 243 g/mol. The molecule has 0 fully saturated rings. The summed E-state index contributed by atoms with van der Waals surface area (Å²) in [6, 6.07) is 2.85. The molecule has 0 aliphatic heterocycles. The summed E-state index contributed by atoms with van der Waals surface area (Å²) in [5.41, 5.74) is 0. The van der Waals surface area contributed by atoms with Gasteiger partial charge in [-0.3, -0.25) is 0 Å². The summed E-state index contributed by atoms with van der Waals surface area (Å²) in [4.78, 5) is 1.13. The summed E-state index contributed by atoms with van der Waals surface area (Å²) in [6.45, 7) is 1.04. The topological polar surface area (TPSA) is 29.0 Å². The van der Waals surface area contributed by atoms with Gasteiger partial charge in [0.05, 0.1) is 0 Å². The molecular formula is C9H11ClF3N3. The highest BCUT2D eigenvalue weighted by Crippen LogP contribution is 2.20. The number of nitrogens with zero attached hydrogens (tertiary/aromatic N) is 3. The first-order chi connectivity index (χ1) is 7.42. The summed E-state index contributed by atoms with van der Waals surface area (Å²) in [5.74, 6) is 0.184. The molecule has 0 aliphatic rings. The minimum Gasteiger partial charge on any atom is -0.346 e. The number of aromatic nitrogens is 2. The third-order valence-corrected chi connectivity index (χ3v) is 2.01. The number of anilines is 1. The van der Waals surface area contributed by atoms with E-state index >= 15 is 0 Å². The van der Waals surface area contributed by atoms with Crippen LogP contribution in [0.3, 0.4) is 0 Å². The van der Waals surface area contributed by atoms with E-state index < -0.39 is 12.7 Å². The van der Waals surface area contributed by atoms with E-state index in [2.05, 4.69) is 10.2 Å². The number of rotatable bonds is 4. The van der Waals surface area contributed by atoms with Crippen LogP contribution >= 0.6 is 11.6 Å². The quantitative estimate of drug-likeness (QED) is 0.826. The van der Waals surface area contributed by atoms with Gasteiger partial charge in [-0.15, -0.1) is 10.2 Å². The molecule has 0 radical (unpaired) electrons. The molecule has 0 unspecified atom stereocenters. The van der Waals surface area contributed by atoms with Gasteiger partial charge in [0, 0.05) is 6.54 Å². The highest BCUT2D eigenvalue weighted by Gasteiger charge is 2.31. The Morgan fingerprint density at radius 1 is 1.31 bits per heavy atom. The fourth-order valence-corrected chi connectivity index (χ4v) is 1.34. The molecule has 0 amide bonds. The van der Waals surface area contributed by atoms with Crippen molar-refractivity contribution in [1.82, 2.24) is 10.2 Å². The van der Waals surface area contributed by atoms with Crippen molar-refractivity contribution in [3.63, 3.8) is 0 Å². The van der Waals surface area contributed by atoms with Gasteiger partial charge in [0.1, 0.15) is 6.54 Å². The first kappa shape index (κ1) is 13.0. The maximum absolute atomic E-state index is 12.3. The van der Waals surface area contributed by atoms with E-state index in [1.165, 1.54) is 12.1 Å². The lowest BCUT2D eigenvalue weighted by Gasteiger charge is -2.23. The van der Waals surface area contributed by atoms with E-state index in [9.17, 15) is 13.2 Å². The first-order valence-corrected chi connectivity index (χ1v) is 5.11. The van der Waals surface area contributed by atoms with Crippen LogP contribution in [0, 0.1) is 0 Å². The van der Waals surface area contributed by atoms with E-state index in [1.807, 2.05) is 0 Å². The Balaban J connectivity index is 2.80. The van der Waals surface area contributed by atoms with Crippen molar-refractivity contribution in [1.29, 1.82) is 0 Å². The van der Waals surface area contributed by atoms with Crippen LogP contribution in [-0.2, 0) is 0 Å². The fraction of sp³-hybridized carbons (Fsp3) is 0.556. The SMILES string of the molecule is CCCN(CC(F)(F)F)c1ccc(Cl)nn1. The molecule has 1 aromatic rings. The molecule has 0 atom stereocenters. The van der Waals surface area contributed by atoms with Crippen molar-refractivity contribution in [3.05, 3.63) is 17.3 Å². The van der Waals surface area contributed by atoms with Crippen LogP contribution in [0.15, 0.2) is 12.1 Å². The smallest absolute Gasteiger partial charge is 0.346 e. The molecule has 1 aromatic heterocycles. The Bertz CT molecular complexity index is 326. The second kappa shape index (κ2) is 5.34. The van der Waals surface area contributed by atoms with Crippen LogP contribution < -0.4 is 4.90 Å². The average molecular weight is 254 g/mol. The molecule has 16 heavy (non-hydrogen) atoms. The van der Waals surface area contributed by atoms with Crippen molar-refractivity contribution in [2.24, 2.45) is 0 Å². The van der Waals surface area contributed by atoms with E-state index in [0.29, 0.717) is 6.42 Å². The van der Waals surface area contributed by atoms with Gasteiger partial charge in [0.2, 0.25) is 0 Å². The largest absolute Gasteiger partial charge is 0.405 e. The van der Waals surface area contributed by atoms with Crippen molar-refractivity contribution >= 4 is 17.4 Å². The highest BCUT2D eigenvalue weighted by molar-refractivity contribution is 6.29. The Kier molecular flexibility index (Phi) is 4.35. The molecule has 0 bridgehead atoms. The Hall–Kier alpha value is -1.04. The van der Waals surface area contributed by atoms with Crippen molar-refractivity contribution in [2.75, 3.05) is 18.0 Å². The molecule has 7 heteroatoms. The average Bonchev–Trinajstić information content (AvgIpc) is 2.16. The minimum absolute atomic E-state index is 0.159. The summed E-state index contributed by atoms with van der Waals surface area (Å²) in [7, 11) is 0. The van der Waals surface area contributed by atoms with Crippen molar-refractivity contribution < 1.29 is 13.2 Å². The first-order valence-electron chi connectivity index (χ1n) is 4.73. The van der Waals surface area contributed by atoms with Gasteiger partial charge >= 0.3 is 6.18 Å². The maximum atomic E-state index is 12.3. The van der Waals surface area contributed by atoms with Gasteiger partial charge in [0.15, 0.2) is 11.0 Å². The number of halogens is 4. The predicted molar refractivity (Wildman–Crippen MR) is 55.6 cm³/mol. The molecule has 90 valence electrons. The normalized spacial score (nSPS) is 11.6. The number of alkyl halides is 3. The molecule has 1 heterocycles. The third-order valence-electron chi connectivity index (χ3n) is 1.81. The lowest BCUT2D eigenvalue weighted by molar-refractivity contribution is -0.119. The van der Waals surface area contributed by atoms with Crippen LogP contribution in [0.1, 0.15) is 13.3 Å². The minimum atomic E-state index is -4.25. The molecule has 0 N–H and O–H groups in total. The molecule has 0 saturated heterocycles. The number of hydrogen-bond acceptors (Lipinski definition) is 3. The Morgan fingerprint density at radius 3 is 2.44 bits per heavy atom. The zero-order valence-electron chi connectivity index (χ0n) is 8.63. The standard InChI is InChI=1S/C9H11ClF3N3/c1-2-5-16(6-9(11,12)13)8-4-3-7(10)14-15-8/h3-4H,2,5-6H2,1H3. The molecule has 0 saturated carbocycles. The Labute approximate surface area is 96.2 Å². The highest BCUT2D eigenvalue weighted by atomic mass is 35.5. The molecule has 0 aromatic carbocycles. The second-order valence-electron chi connectivity index (χ2n) is 3.25. The van der Waals surface area contributed by atoms with E-state index in [4.69, 9.17) is 11.6 Å². The van der Waals surface area contributed by atoms with E-state index in [0.717, 1.165) is 4.90 Å². The Morgan fingerprint density at radius 2 is 2.00 bits per heavy atom. The van der Waals surface area contributed by atoms with E-state index in [-0.39, 0.29) is 17.5 Å². The number of hydrogen-bond donors (Lipinski definition) is 0. The van der Waals surface area contributed by atoms with Gasteiger partial charge in [0.25, 0.3) is 0 Å². The zero-order valence-corrected chi connectivity index (χ0v) is 9.39. The second-order valence-corrected chi connectivity index (χ2v) is 3.64. The predicted octanol–water partition coefficient (Wildman–Crippen LogP) is 2.91. The molecule has 1 rings (SSSR count). The molecule has 0 aliphatic carbocycles. The fourth-order valence-electron chi connectivity index (χ4n) is 1.24. The molecule has 3 nitrogen and oxygen atoms in total.